The SMILES string of the molecule is CCOCCOc1ccccc1C(=O)NC(=S)Nc1ccccc1C(N)=O. The summed E-state index contributed by atoms with van der Waals surface area (Å²) in [7, 11) is 0. The van der Waals surface area contributed by atoms with Crippen molar-refractivity contribution >= 4 is 34.8 Å². The Morgan fingerprint density at radius 1 is 1.04 bits per heavy atom. The normalized spacial score (nSPS) is 10.1. The van der Waals surface area contributed by atoms with E-state index in [1.165, 1.54) is 0 Å². The lowest BCUT2D eigenvalue weighted by atomic mass is 10.1. The number of nitrogens with two attached hydrogens (primary N) is 1. The number of anilines is 1. The van der Waals surface area contributed by atoms with Crippen molar-refractivity contribution in [1.29, 1.82) is 0 Å². The highest BCUT2D eigenvalue weighted by Crippen LogP contribution is 2.18. The number of ether oxygens (including phenoxy) is 2. The highest BCUT2D eigenvalue weighted by atomic mass is 32.1. The Morgan fingerprint density at radius 2 is 1.70 bits per heavy atom. The Bertz CT molecular complexity index is 826. The monoisotopic (exact) mass is 387 g/mol. The van der Waals surface area contributed by atoms with Gasteiger partial charge in [0.25, 0.3) is 11.8 Å². The van der Waals surface area contributed by atoms with Gasteiger partial charge in [0, 0.05) is 6.61 Å². The van der Waals surface area contributed by atoms with Gasteiger partial charge in [-0.1, -0.05) is 24.3 Å². The van der Waals surface area contributed by atoms with Crippen LogP contribution in [-0.4, -0.2) is 36.7 Å². The minimum Gasteiger partial charge on any atom is -0.490 e. The summed E-state index contributed by atoms with van der Waals surface area (Å²) < 4.78 is 10.8. The first-order chi connectivity index (χ1) is 13.0. The number of thiocarbonyl (C=S) groups is 1. The summed E-state index contributed by atoms with van der Waals surface area (Å²) in [5.41, 5.74) is 6.35. The Kier molecular flexibility index (Phi) is 7.72. The van der Waals surface area contributed by atoms with Crippen LogP contribution in [-0.2, 0) is 4.74 Å². The number of para-hydroxylation sites is 2. The maximum Gasteiger partial charge on any atom is 0.261 e. The van der Waals surface area contributed by atoms with Gasteiger partial charge in [-0.15, -0.1) is 0 Å². The van der Waals surface area contributed by atoms with E-state index < -0.39 is 11.8 Å². The van der Waals surface area contributed by atoms with E-state index in [1.54, 1.807) is 48.5 Å². The van der Waals surface area contributed by atoms with Gasteiger partial charge in [-0.3, -0.25) is 14.9 Å². The molecule has 2 rings (SSSR count). The second-order valence-corrected chi connectivity index (χ2v) is 5.77. The molecule has 0 radical (unpaired) electrons. The number of benzene rings is 2. The van der Waals surface area contributed by atoms with Crippen LogP contribution in [0.25, 0.3) is 0 Å². The third-order valence-electron chi connectivity index (χ3n) is 3.49. The highest BCUT2D eigenvalue weighted by molar-refractivity contribution is 7.80. The Balaban J connectivity index is 2.03. The Hall–Kier alpha value is -2.97. The fourth-order valence-electron chi connectivity index (χ4n) is 2.27. The predicted molar refractivity (Wildman–Crippen MR) is 107 cm³/mol. The average Bonchev–Trinajstić information content (AvgIpc) is 2.65. The lowest BCUT2D eigenvalue weighted by Gasteiger charge is -2.14. The van der Waals surface area contributed by atoms with E-state index in [4.69, 9.17) is 27.4 Å². The lowest BCUT2D eigenvalue weighted by molar-refractivity contribution is 0.0957. The lowest BCUT2D eigenvalue weighted by Crippen LogP contribution is -2.35. The van der Waals surface area contributed by atoms with Crippen molar-refractivity contribution in [1.82, 2.24) is 5.32 Å². The summed E-state index contributed by atoms with van der Waals surface area (Å²) in [4.78, 5) is 24.0. The van der Waals surface area contributed by atoms with Gasteiger partial charge in [0.1, 0.15) is 12.4 Å². The van der Waals surface area contributed by atoms with Crippen molar-refractivity contribution < 1.29 is 19.1 Å². The molecule has 0 aromatic heterocycles. The molecule has 0 aliphatic heterocycles. The summed E-state index contributed by atoms with van der Waals surface area (Å²) in [5.74, 6) is -0.605. The van der Waals surface area contributed by atoms with Gasteiger partial charge in [-0.2, -0.15) is 0 Å². The van der Waals surface area contributed by atoms with Crippen molar-refractivity contribution in [2.75, 3.05) is 25.1 Å². The molecule has 142 valence electrons. The molecule has 2 aromatic carbocycles. The molecule has 0 saturated carbocycles. The van der Waals surface area contributed by atoms with E-state index >= 15 is 0 Å². The topological polar surface area (TPSA) is 103 Å². The number of carbonyl (C=O) groups is 2. The quantitative estimate of drug-likeness (QED) is 0.475. The van der Waals surface area contributed by atoms with E-state index in [0.29, 0.717) is 36.8 Å². The predicted octanol–water partition coefficient (Wildman–Crippen LogP) is 2.33. The molecule has 2 amide bonds. The average molecular weight is 387 g/mol. The molecule has 0 fully saturated rings. The molecule has 0 bridgehead atoms. The van der Waals surface area contributed by atoms with Gasteiger partial charge in [0.15, 0.2) is 5.11 Å². The summed E-state index contributed by atoms with van der Waals surface area (Å²) in [6, 6.07) is 13.4. The molecule has 27 heavy (non-hydrogen) atoms. The van der Waals surface area contributed by atoms with Crippen molar-refractivity contribution in [2.24, 2.45) is 5.73 Å². The molecule has 0 spiro atoms. The Morgan fingerprint density at radius 3 is 2.41 bits per heavy atom. The van der Waals surface area contributed by atoms with Gasteiger partial charge in [0.2, 0.25) is 0 Å². The summed E-state index contributed by atoms with van der Waals surface area (Å²) in [6.07, 6.45) is 0. The molecule has 0 aliphatic rings. The van der Waals surface area contributed by atoms with E-state index in [0.717, 1.165) is 0 Å². The van der Waals surface area contributed by atoms with E-state index in [1.807, 2.05) is 6.92 Å². The van der Waals surface area contributed by atoms with Gasteiger partial charge in [-0.25, -0.2) is 0 Å². The van der Waals surface area contributed by atoms with Crippen molar-refractivity contribution in [3.8, 4) is 5.75 Å². The molecule has 0 atom stereocenters. The standard InChI is InChI=1S/C19H21N3O4S/c1-2-25-11-12-26-16-10-6-4-8-14(16)18(24)22-19(27)21-15-9-5-3-7-13(15)17(20)23/h3-10H,2,11-12H2,1H3,(H2,20,23)(H2,21,22,24,27). The maximum absolute atomic E-state index is 12.5. The van der Waals surface area contributed by atoms with E-state index in [-0.39, 0.29) is 10.7 Å². The number of amides is 2. The third-order valence-corrected chi connectivity index (χ3v) is 3.69. The molecule has 0 aliphatic carbocycles. The minimum absolute atomic E-state index is 0.0396. The molecule has 0 heterocycles. The smallest absolute Gasteiger partial charge is 0.261 e. The van der Waals surface area contributed by atoms with Crippen LogP contribution in [0.1, 0.15) is 27.6 Å². The minimum atomic E-state index is -0.597. The first-order valence-electron chi connectivity index (χ1n) is 8.33. The molecule has 7 nitrogen and oxygen atoms in total. The van der Waals surface area contributed by atoms with Crippen LogP contribution in [0.4, 0.5) is 5.69 Å². The van der Waals surface area contributed by atoms with Crippen molar-refractivity contribution in [3.63, 3.8) is 0 Å². The number of hydrogen-bond acceptors (Lipinski definition) is 5. The van der Waals surface area contributed by atoms with Crippen molar-refractivity contribution in [2.45, 2.75) is 6.92 Å². The van der Waals surface area contributed by atoms with Crippen LogP contribution in [0.5, 0.6) is 5.75 Å². The molecular formula is C19H21N3O4S. The highest BCUT2D eigenvalue weighted by Gasteiger charge is 2.15. The summed E-state index contributed by atoms with van der Waals surface area (Å²) in [5, 5.41) is 5.42. The summed E-state index contributed by atoms with van der Waals surface area (Å²) in [6.45, 7) is 3.24. The number of rotatable bonds is 8. The first-order valence-corrected chi connectivity index (χ1v) is 8.74. The van der Waals surface area contributed by atoms with Gasteiger partial charge in [0.05, 0.1) is 23.4 Å². The largest absolute Gasteiger partial charge is 0.490 e. The molecule has 0 unspecified atom stereocenters. The second kappa shape index (κ2) is 10.2. The summed E-state index contributed by atoms with van der Waals surface area (Å²) >= 11 is 5.17. The van der Waals surface area contributed by atoms with Crippen LogP contribution in [0.2, 0.25) is 0 Å². The second-order valence-electron chi connectivity index (χ2n) is 5.36. The number of primary amides is 1. The van der Waals surface area contributed by atoms with Gasteiger partial charge in [-0.05, 0) is 43.4 Å². The fourth-order valence-corrected chi connectivity index (χ4v) is 2.47. The number of hydrogen-bond donors (Lipinski definition) is 3. The van der Waals surface area contributed by atoms with Crippen LogP contribution >= 0.6 is 12.2 Å². The Labute approximate surface area is 162 Å². The number of nitrogens with one attached hydrogen (secondary N) is 2. The van der Waals surface area contributed by atoms with E-state index in [9.17, 15) is 9.59 Å². The van der Waals surface area contributed by atoms with Crippen LogP contribution in [0.3, 0.4) is 0 Å². The molecule has 2 aromatic rings. The van der Waals surface area contributed by atoms with E-state index in [2.05, 4.69) is 10.6 Å². The fraction of sp³-hybridized carbons (Fsp3) is 0.211. The molecule has 4 N–H and O–H groups in total. The zero-order valence-corrected chi connectivity index (χ0v) is 15.7. The third kappa shape index (κ3) is 6.05. The zero-order valence-electron chi connectivity index (χ0n) is 14.9. The van der Waals surface area contributed by atoms with Crippen LogP contribution in [0.15, 0.2) is 48.5 Å². The van der Waals surface area contributed by atoms with Gasteiger partial charge >= 0.3 is 0 Å². The molecule has 0 saturated heterocycles. The van der Waals surface area contributed by atoms with Crippen molar-refractivity contribution in [3.05, 3.63) is 59.7 Å². The van der Waals surface area contributed by atoms with Crippen LogP contribution in [0, 0.1) is 0 Å². The van der Waals surface area contributed by atoms with Gasteiger partial charge < -0.3 is 20.5 Å². The van der Waals surface area contributed by atoms with Crippen LogP contribution < -0.4 is 21.1 Å². The first kappa shape index (κ1) is 20.3. The molecular weight excluding hydrogens is 366 g/mol. The number of carbonyl (C=O) groups excluding carboxylic acids is 2. The zero-order chi connectivity index (χ0) is 19.6. The molecule has 8 heteroatoms. The maximum atomic E-state index is 12.5.